The number of nitrogens with zero attached hydrogens (tertiary/aromatic N) is 2. The molecule has 0 spiro atoms. The molecule has 3 N–H and O–H groups in total. The van der Waals surface area contributed by atoms with Crippen LogP contribution in [-0.4, -0.2) is 82.3 Å². The van der Waals surface area contributed by atoms with Gasteiger partial charge in [0.1, 0.15) is 12.4 Å². The Bertz CT molecular complexity index is 1270. The predicted octanol–water partition coefficient (Wildman–Crippen LogP) is 1.99. The van der Waals surface area contributed by atoms with Gasteiger partial charge in [-0.05, 0) is 44.7 Å². The number of benzene rings is 1. The van der Waals surface area contributed by atoms with Gasteiger partial charge in [0.05, 0.1) is 30.5 Å². The molecule has 0 unspecified atom stereocenters. The van der Waals surface area contributed by atoms with E-state index < -0.39 is 33.3 Å². The van der Waals surface area contributed by atoms with Crippen LogP contribution in [0, 0.1) is 17.8 Å². The van der Waals surface area contributed by atoms with Gasteiger partial charge in [-0.1, -0.05) is 42.2 Å². The van der Waals surface area contributed by atoms with E-state index in [2.05, 4.69) is 27.5 Å². The van der Waals surface area contributed by atoms with Crippen LogP contribution in [0.25, 0.3) is 0 Å². The summed E-state index contributed by atoms with van der Waals surface area (Å²) < 4.78 is 37.3. The molecule has 1 amide bonds. The number of amides is 1. The van der Waals surface area contributed by atoms with E-state index in [0.717, 1.165) is 22.7 Å². The van der Waals surface area contributed by atoms with Crippen LogP contribution in [0.1, 0.15) is 42.6 Å². The van der Waals surface area contributed by atoms with E-state index in [-0.39, 0.29) is 37.0 Å². The third-order valence-electron chi connectivity index (χ3n) is 6.42. The molecule has 0 bridgehead atoms. The summed E-state index contributed by atoms with van der Waals surface area (Å²) in [6.07, 6.45) is 1.78. The van der Waals surface area contributed by atoms with Crippen molar-refractivity contribution in [2.24, 2.45) is 5.92 Å². The Morgan fingerprint density at radius 1 is 1.20 bits per heavy atom. The van der Waals surface area contributed by atoms with Crippen LogP contribution in [-0.2, 0) is 21.2 Å². The van der Waals surface area contributed by atoms with Crippen molar-refractivity contribution in [2.75, 3.05) is 44.8 Å². The summed E-state index contributed by atoms with van der Waals surface area (Å²) in [5.74, 6) is 6.39. The van der Waals surface area contributed by atoms with Gasteiger partial charge in [-0.25, -0.2) is 8.42 Å². The van der Waals surface area contributed by atoms with Gasteiger partial charge in [0.25, 0.3) is 5.91 Å². The fraction of sp³-hybridized carbons (Fsp3) is 0.517. The number of anilines is 1. The molecule has 1 saturated carbocycles. The third kappa shape index (κ3) is 9.48. The van der Waals surface area contributed by atoms with E-state index in [0.29, 0.717) is 18.9 Å². The number of carbonyl (C=O) groups excluding carboxylic acids is 1. The van der Waals surface area contributed by atoms with E-state index in [4.69, 9.17) is 9.47 Å². The van der Waals surface area contributed by atoms with Gasteiger partial charge in [-0.15, -0.1) is 0 Å². The first-order valence-electron chi connectivity index (χ1n) is 13.4. The van der Waals surface area contributed by atoms with Gasteiger partial charge in [-0.2, -0.15) is 4.98 Å². The van der Waals surface area contributed by atoms with Gasteiger partial charge >= 0.3 is 0 Å². The lowest BCUT2D eigenvalue weighted by Gasteiger charge is -2.25. The highest BCUT2D eigenvalue weighted by atomic mass is 32.2. The topological polar surface area (TPSA) is 130 Å². The van der Waals surface area contributed by atoms with Crippen LogP contribution in [0.2, 0.25) is 0 Å². The number of sulfonamides is 1. The Hall–Kier alpha value is -3.17. The molecule has 1 aromatic carbocycles. The number of nitrogens with one attached hydrogen (secondary N) is 2. The van der Waals surface area contributed by atoms with Crippen LogP contribution in [0.5, 0.6) is 5.88 Å². The molecule has 1 aliphatic carbocycles. The Morgan fingerprint density at radius 3 is 2.58 bits per heavy atom. The maximum Gasteiger partial charge on any atom is 0.251 e. The SMILES string of the molecule is COCCOc1cc(C(=O)N[C@@H](Cc2ccccc2)[C@H](O)CNCC#CC2CC2)cc(N(C)S(=O)(=O)C(C)C)n1. The maximum absolute atomic E-state index is 13.5. The molecule has 3 rings (SSSR count). The monoisotopic (exact) mass is 572 g/mol. The van der Waals surface area contributed by atoms with Crippen molar-refractivity contribution in [2.45, 2.75) is 50.5 Å². The molecule has 1 fully saturated rings. The lowest BCUT2D eigenvalue weighted by Crippen LogP contribution is -2.48. The number of carbonyl (C=O) groups is 1. The van der Waals surface area contributed by atoms with Crippen LogP contribution < -0.4 is 19.7 Å². The van der Waals surface area contributed by atoms with E-state index in [9.17, 15) is 18.3 Å². The van der Waals surface area contributed by atoms with Crippen molar-refractivity contribution in [3.05, 3.63) is 53.6 Å². The molecular weight excluding hydrogens is 532 g/mol. The number of pyridine rings is 1. The van der Waals surface area contributed by atoms with E-state index in [1.165, 1.54) is 26.3 Å². The summed E-state index contributed by atoms with van der Waals surface area (Å²) in [6.45, 7) is 4.28. The van der Waals surface area contributed by atoms with Crippen molar-refractivity contribution in [1.82, 2.24) is 15.6 Å². The fourth-order valence-electron chi connectivity index (χ4n) is 3.78. The highest BCUT2D eigenvalue weighted by molar-refractivity contribution is 7.93. The minimum Gasteiger partial charge on any atom is -0.475 e. The van der Waals surface area contributed by atoms with E-state index in [1.807, 2.05) is 30.3 Å². The second-order valence-corrected chi connectivity index (χ2v) is 12.5. The minimum absolute atomic E-state index is 0.0461. The summed E-state index contributed by atoms with van der Waals surface area (Å²) >= 11 is 0. The summed E-state index contributed by atoms with van der Waals surface area (Å²) in [6, 6.07) is 11.8. The number of ether oxygens (including phenoxy) is 2. The van der Waals surface area contributed by atoms with Crippen LogP contribution in [0.3, 0.4) is 0 Å². The van der Waals surface area contributed by atoms with E-state index in [1.54, 1.807) is 13.8 Å². The molecule has 0 saturated heterocycles. The van der Waals surface area contributed by atoms with E-state index >= 15 is 0 Å². The molecule has 218 valence electrons. The van der Waals surface area contributed by atoms with Gasteiger partial charge in [-0.3, -0.25) is 9.10 Å². The zero-order chi connectivity index (χ0) is 29.1. The van der Waals surface area contributed by atoms with Crippen LogP contribution >= 0.6 is 0 Å². The zero-order valence-corrected chi connectivity index (χ0v) is 24.4. The first kappa shape index (κ1) is 31.4. The molecule has 1 aromatic heterocycles. The predicted molar refractivity (Wildman–Crippen MR) is 155 cm³/mol. The van der Waals surface area contributed by atoms with Crippen LogP contribution in [0.4, 0.5) is 5.82 Å². The van der Waals surface area contributed by atoms with Crippen molar-refractivity contribution < 1.29 is 27.8 Å². The molecular formula is C29H40N4O6S. The molecule has 11 heteroatoms. The van der Waals surface area contributed by atoms with Crippen LogP contribution in [0.15, 0.2) is 42.5 Å². The van der Waals surface area contributed by atoms with Gasteiger partial charge < -0.3 is 25.2 Å². The molecule has 40 heavy (non-hydrogen) atoms. The third-order valence-corrected chi connectivity index (χ3v) is 8.56. The number of hydrogen-bond donors (Lipinski definition) is 3. The van der Waals surface area contributed by atoms with Gasteiger partial charge in [0.2, 0.25) is 15.9 Å². The summed E-state index contributed by atoms with van der Waals surface area (Å²) in [4.78, 5) is 17.8. The number of hydrogen-bond acceptors (Lipinski definition) is 8. The van der Waals surface area contributed by atoms with Crippen molar-refractivity contribution in [3.63, 3.8) is 0 Å². The number of aliphatic hydroxyl groups excluding tert-OH is 1. The van der Waals surface area contributed by atoms with Gasteiger partial charge in [0.15, 0.2) is 0 Å². The van der Waals surface area contributed by atoms with Crippen molar-refractivity contribution >= 4 is 21.7 Å². The maximum atomic E-state index is 13.5. The molecule has 2 atom stereocenters. The minimum atomic E-state index is -3.71. The average molecular weight is 573 g/mol. The Balaban J connectivity index is 1.82. The summed E-state index contributed by atoms with van der Waals surface area (Å²) in [5, 5.41) is 16.4. The van der Waals surface area contributed by atoms with Gasteiger partial charge in [0, 0.05) is 38.2 Å². The zero-order valence-electron chi connectivity index (χ0n) is 23.6. The molecule has 10 nitrogen and oxygen atoms in total. The largest absolute Gasteiger partial charge is 0.475 e. The van der Waals surface area contributed by atoms with Crippen molar-refractivity contribution in [3.8, 4) is 17.7 Å². The first-order chi connectivity index (χ1) is 19.1. The lowest BCUT2D eigenvalue weighted by molar-refractivity contribution is 0.0832. The highest BCUT2D eigenvalue weighted by Gasteiger charge is 2.27. The number of aromatic nitrogens is 1. The first-order valence-corrected chi connectivity index (χ1v) is 15.0. The Morgan fingerprint density at radius 2 is 1.93 bits per heavy atom. The molecule has 2 aromatic rings. The second kappa shape index (κ2) is 15.0. The molecule has 1 aliphatic rings. The number of methoxy groups -OCH3 is 1. The molecule has 0 radical (unpaired) electrons. The second-order valence-electron chi connectivity index (χ2n) is 10.0. The molecule has 0 aliphatic heterocycles. The fourth-order valence-corrected chi connectivity index (χ4v) is 4.77. The Labute approximate surface area is 237 Å². The highest BCUT2D eigenvalue weighted by Crippen LogP contribution is 2.27. The summed E-state index contributed by atoms with van der Waals surface area (Å²) in [5.41, 5.74) is 1.10. The Kier molecular flexibility index (Phi) is 11.8. The normalized spacial score (nSPS) is 14.7. The molecule has 1 heterocycles. The smallest absolute Gasteiger partial charge is 0.251 e. The lowest BCUT2D eigenvalue weighted by atomic mass is 10.0. The number of rotatable bonds is 15. The summed E-state index contributed by atoms with van der Waals surface area (Å²) in [7, 11) is -0.792. The number of aliphatic hydroxyl groups is 1. The quantitative estimate of drug-likeness (QED) is 0.218. The average Bonchev–Trinajstić information content (AvgIpc) is 3.77. The standard InChI is InChI=1S/C29H40N4O6S/c1-21(2)40(36,37)33(3)27-18-24(19-28(32-27)39-16-15-38-4)29(35)31-25(17-23-9-6-5-7-10-23)26(34)20-30-14-8-11-22-12-13-22/h5-7,9-10,18-19,21-22,25-26,30,34H,12-17,20H2,1-4H3,(H,31,35)/t25-,26+/m0/s1. The van der Waals surface area contributed by atoms with Crippen molar-refractivity contribution in [1.29, 1.82) is 0 Å².